The molecule has 1 atom stereocenters. The molecule has 0 aromatic heterocycles. The highest BCUT2D eigenvalue weighted by atomic mass is 32.2. The highest BCUT2D eigenvalue weighted by Crippen LogP contribution is 2.24. The van der Waals surface area contributed by atoms with Gasteiger partial charge in [-0.1, -0.05) is 6.42 Å². The van der Waals surface area contributed by atoms with Crippen LogP contribution in [-0.4, -0.2) is 44.1 Å². The van der Waals surface area contributed by atoms with Gasteiger partial charge in [0.15, 0.2) is 11.6 Å². The van der Waals surface area contributed by atoms with Gasteiger partial charge >= 0.3 is 10.2 Å². The third-order valence-corrected chi connectivity index (χ3v) is 5.08. The number of aliphatic hydroxyl groups excluding tert-OH is 1. The van der Waals surface area contributed by atoms with Crippen LogP contribution in [-0.2, 0) is 10.2 Å². The summed E-state index contributed by atoms with van der Waals surface area (Å²) in [4.78, 5) is 0. The molecule has 1 saturated heterocycles. The molecule has 1 aliphatic rings. The molecule has 0 radical (unpaired) electrons. The molecule has 6 nitrogen and oxygen atoms in total. The van der Waals surface area contributed by atoms with Crippen LogP contribution in [0.4, 0.5) is 10.1 Å². The van der Waals surface area contributed by atoms with Crippen molar-refractivity contribution in [3.63, 3.8) is 0 Å². The molecule has 0 aliphatic carbocycles. The Bertz CT molecular complexity index is 594. The van der Waals surface area contributed by atoms with E-state index in [0.29, 0.717) is 13.0 Å². The summed E-state index contributed by atoms with van der Waals surface area (Å²) in [6.07, 6.45) is 2.25. The minimum Gasteiger partial charge on any atom is -0.494 e. The molecule has 8 heteroatoms. The predicted molar refractivity (Wildman–Crippen MR) is 76.9 cm³/mol. The number of nitrogens with zero attached hydrogens (tertiary/aromatic N) is 1. The minimum absolute atomic E-state index is 0.0455. The lowest BCUT2D eigenvalue weighted by Gasteiger charge is -2.33. The second-order valence-electron chi connectivity index (χ2n) is 4.90. The summed E-state index contributed by atoms with van der Waals surface area (Å²) in [5, 5.41) is 9.29. The van der Waals surface area contributed by atoms with Crippen LogP contribution in [0.2, 0.25) is 0 Å². The number of halogens is 1. The van der Waals surface area contributed by atoms with Crippen LogP contribution in [0.15, 0.2) is 18.2 Å². The van der Waals surface area contributed by atoms with Gasteiger partial charge in [0, 0.05) is 18.7 Å². The summed E-state index contributed by atoms with van der Waals surface area (Å²) >= 11 is 0. The van der Waals surface area contributed by atoms with Crippen LogP contribution in [0.5, 0.6) is 5.75 Å². The van der Waals surface area contributed by atoms with Crippen LogP contribution in [0, 0.1) is 5.82 Å². The maximum absolute atomic E-state index is 13.6. The fourth-order valence-corrected chi connectivity index (χ4v) is 3.89. The summed E-state index contributed by atoms with van der Waals surface area (Å²) in [5.74, 6) is -0.598. The molecular weight excluding hydrogens is 299 g/mol. The number of methoxy groups -OCH3 is 1. The summed E-state index contributed by atoms with van der Waals surface area (Å²) in [5.41, 5.74) is 0.121. The number of hydrogen-bond acceptors (Lipinski definition) is 4. The molecule has 1 aliphatic heterocycles. The average Bonchev–Trinajstić information content (AvgIpc) is 2.47. The van der Waals surface area contributed by atoms with Crippen molar-refractivity contribution >= 4 is 15.9 Å². The standard InChI is InChI=1S/C13H19FN2O4S/c1-20-13-6-5-10(8-12(13)14)15-21(18,19)16-7-3-2-4-11(16)9-17/h5-6,8,11,15,17H,2-4,7,9H2,1H3. The number of piperidine rings is 1. The normalized spacial score (nSPS) is 20.2. The van der Waals surface area contributed by atoms with Crippen LogP contribution in [0.1, 0.15) is 19.3 Å². The fourth-order valence-electron chi connectivity index (χ4n) is 2.41. The summed E-state index contributed by atoms with van der Waals surface area (Å²) in [7, 11) is -2.48. The first-order valence-corrected chi connectivity index (χ1v) is 8.16. The molecular formula is C13H19FN2O4S. The Labute approximate surface area is 123 Å². The predicted octanol–water partition coefficient (Wildman–Crippen LogP) is 1.34. The number of hydrogen-bond donors (Lipinski definition) is 2. The van der Waals surface area contributed by atoms with E-state index in [2.05, 4.69) is 4.72 Å². The van der Waals surface area contributed by atoms with E-state index in [-0.39, 0.29) is 18.0 Å². The number of benzene rings is 1. The van der Waals surface area contributed by atoms with E-state index in [1.807, 2.05) is 0 Å². The topological polar surface area (TPSA) is 78.9 Å². The monoisotopic (exact) mass is 318 g/mol. The second kappa shape index (κ2) is 6.59. The summed E-state index contributed by atoms with van der Waals surface area (Å²) < 4.78 is 46.6. The quantitative estimate of drug-likeness (QED) is 0.859. The van der Waals surface area contributed by atoms with Crippen molar-refractivity contribution in [2.75, 3.05) is 25.0 Å². The fraction of sp³-hybridized carbons (Fsp3) is 0.538. The van der Waals surface area contributed by atoms with Crippen molar-refractivity contribution in [2.45, 2.75) is 25.3 Å². The molecule has 2 rings (SSSR count). The first kappa shape index (κ1) is 16.0. The molecule has 118 valence electrons. The van der Waals surface area contributed by atoms with E-state index in [4.69, 9.17) is 4.74 Å². The van der Waals surface area contributed by atoms with Gasteiger partial charge < -0.3 is 9.84 Å². The van der Waals surface area contributed by atoms with E-state index in [9.17, 15) is 17.9 Å². The van der Waals surface area contributed by atoms with Crippen LogP contribution in [0.3, 0.4) is 0 Å². The van der Waals surface area contributed by atoms with Gasteiger partial charge in [0.1, 0.15) is 0 Å². The van der Waals surface area contributed by atoms with Gasteiger partial charge in [-0.15, -0.1) is 0 Å². The molecule has 1 fully saturated rings. The number of aliphatic hydroxyl groups is 1. The number of ether oxygens (including phenoxy) is 1. The lowest BCUT2D eigenvalue weighted by molar-refractivity contribution is 0.156. The number of rotatable bonds is 5. The van der Waals surface area contributed by atoms with E-state index in [0.717, 1.165) is 18.9 Å². The van der Waals surface area contributed by atoms with Crippen LogP contribution >= 0.6 is 0 Å². The first-order chi connectivity index (χ1) is 9.97. The SMILES string of the molecule is COc1ccc(NS(=O)(=O)N2CCCCC2CO)cc1F. The van der Waals surface area contributed by atoms with Gasteiger partial charge in [-0.3, -0.25) is 4.72 Å². The van der Waals surface area contributed by atoms with Gasteiger partial charge in [-0.25, -0.2) is 4.39 Å². The maximum atomic E-state index is 13.6. The maximum Gasteiger partial charge on any atom is 0.301 e. The Hall–Kier alpha value is -1.38. The van der Waals surface area contributed by atoms with Gasteiger partial charge in [-0.2, -0.15) is 12.7 Å². The molecule has 1 unspecified atom stereocenters. The molecule has 1 aromatic carbocycles. The zero-order valence-electron chi connectivity index (χ0n) is 11.8. The average molecular weight is 318 g/mol. The molecule has 2 N–H and O–H groups in total. The molecule has 1 heterocycles. The Morgan fingerprint density at radius 1 is 1.48 bits per heavy atom. The largest absolute Gasteiger partial charge is 0.494 e. The van der Waals surface area contributed by atoms with E-state index in [1.54, 1.807) is 0 Å². The zero-order chi connectivity index (χ0) is 15.5. The van der Waals surface area contributed by atoms with Crippen LogP contribution in [0.25, 0.3) is 0 Å². The second-order valence-corrected chi connectivity index (χ2v) is 6.52. The lowest BCUT2D eigenvalue weighted by atomic mass is 10.1. The van der Waals surface area contributed by atoms with Crippen molar-refractivity contribution in [3.05, 3.63) is 24.0 Å². The Morgan fingerprint density at radius 2 is 2.24 bits per heavy atom. The van der Waals surface area contributed by atoms with Gasteiger partial charge in [-0.05, 0) is 25.0 Å². The molecule has 0 saturated carbocycles. The highest BCUT2D eigenvalue weighted by Gasteiger charge is 2.31. The van der Waals surface area contributed by atoms with Gasteiger partial charge in [0.25, 0.3) is 0 Å². The van der Waals surface area contributed by atoms with E-state index < -0.39 is 22.1 Å². The molecule has 0 bridgehead atoms. The van der Waals surface area contributed by atoms with Crippen LogP contribution < -0.4 is 9.46 Å². The van der Waals surface area contributed by atoms with Crippen molar-refractivity contribution < 1.29 is 22.7 Å². The van der Waals surface area contributed by atoms with Crippen molar-refractivity contribution in [2.24, 2.45) is 0 Å². The Kier molecular flexibility index (Phi) is 5.02. The van der Waals surface area contributed by atoms with Crippen molar-refractivity contribution in [1.29, 1.82) is 0 Å². The van der Waals surface area contributed by atoms with Crippen molar-refractivity contribution in [1.82, 2.24) is 4.31 Å². The van der Waals surface area contributed by atoms with Gasteiger partial charge in [0.2, 0.25) is 0 Å². The zero-order valence-corrected chi connectivity index (χ0v) is 12.6. The Balaban J connectivity index is 2.18. The molecule has 0 amide bonds. The number of anilines is 1. The molecule has 1 aromatic rings. The third kappa shape index (κ3) is 3.63. The summed E-state index contributed by atoms with van der Waals surface area (Å²) in [6.45, 7) is 0.122. The third-order valence-electron chi connectivity index (χ3n) is 3.49. The summed E-state index contributed by atoms with van der Waals surface area (Å²) in [6, 6.07) is 3.41. The van der Waals surface area contributed by atoms with E-state index >= 15 is 0 Å². The highest BCUT2D eigenvalue weighted by molar-refractivity contribution is 7.90. The van der Waals surface area contributed by atoms with Gasteiger partial charge in [0.05, 0.1) is 19.4 Å². The molecule has 21 heavy (non-hydrogen) atoms. The Morgan fingerprint density at radius 3 is 2.86 bits per heavy atom. The van der Waals surface area contributed by atoms with Crippen molar-refractivity contribution in [3.8, 4) is 5.75 Å². The minimum atomic E-state index is -3.82. The first-order valence-electron chi connectivity index (χ1n) is 6.72. The number of nitrogens with one attached hydrogen (secondary N) is 1. The lowest BCUT2D eigenvalue weighted by Crippen LogP contribution is -2.47. The smallest absolute Gasteiger partial charge is 0.301 e. The van der Waals surface area contributed by atoms with E-state index in [1.165, 1.54) is 23.5 Å². The molecule has 0 spiro atoms.